The van der Waals surface area contributed by atoms with E-state index >= 15 is 0 Å². The Morgan fingerprint density at radius 1 is 1.00 bits per heavy atom. The Balaban J connectivity index is 1.54. The number of hydrogen-bond donors (Lipinski definition) is 1. The van der Waals surface area contributed by atoms with Crippen LogP contribution in [0.2, 0.25) is 0 Å². The van der Waals surface area contributed by atoms with E-state index in [1.807, 2.05) is 18.2 Å². The van der Waals surface area contributed by atoms with Gasteiger partial charge in [-0.1, -0.05) is 52.3 Å². The smallest absolute Gasteiger partial charge is 0.243 e. The summed E-state index contributed by atoms with van der Waals surface area (Å²) in [5.74, 6) is 0. The molecule has 0 radical (unpaired) electrons. The second kappa shape index (κ2) is 8.27. The molecule has 1 saturated heterocycles. The molecule has 0 unspecified atom stereocenters. The summed E-state index contributed by atoms with van der Waals surface area (Å²) in [4.78, 5) is 1.78. The summed E-state index contributed by atoms with van der Waals surface area (Å²) in [6.07, 6.45) is 4.29. The first-order valence-corrected chi connectivity index (χ1v) is 10.6. The average Bonchev–Trinajstić information content (AvgIpc) is 2.63. The number of hydrogen-bond acceptors (Lipinski definition) is 2. The number of sulfonamides is 1. The predicted octanol–water partition coefficient (Wildman–Crippen LogP) is 2.05. The summed E-state index contributed by atoms with van der Waals surface area (Å²) in [7, 11) is -3.38. The molecule has 1 heterocycles. The maximum Gasteiger partial charge on any atom is 0.243 e. The van der Waals surface area contributed by atoms with Gasteiger partial charge >= 0.3 is 0 Å². The van der Waals surface area contributed by atoms with Crippen LogP contribution in [0, 0.1) is 0 Å². The Morgan fingerprint density at radius 3 is 2.28 bits per heavy atom. The fourth-order valence-corrected chi connectivity index (χ4v) is 4.63. The molecule has 0 amide bonds. The Kier molecular flexibility index (Phi) is 6.06. The van der Waals surface area contributed by atoms with Crippen molar-refractivity contribution in [3.05, 3.63) is 70.7 Å². The Hall–Kier alpha value is -1.47. The standard InChI is InChI=1S/C19H21BrN2O2S/c20-18-8-10-19(11-9-18)25(23,24)22-15-13-21(14-16-22)12-4-7-17-5-2-1-3-6-17/h1-11H,12-16H2/p+1. The molecule has 0 saturated carbocycles. The number of halogens is 1. The third-order valence-corrected chi connectivity index (χ3v) is 6.84. The molecule has 4 nitrogen and oxygen atoms in total. The molecule has 0 spiro atoms. The lowest BCUT2D eigenvalue weighted by molar-refractivity contribution is -0.897. The summed E-state index contributed by atoms with van der Waals surface area (Å²) < 4.78 is 27.9. The van der Waals surface area contributed by atoms with Gasteiger partial charge in [0, 0.05) is 4.47 Å². The highest BCUT2D eigenvalue weighted by molar-refractivity contribution is 9.10. The second-order valence-electron chi connectivity index (χ2n) is 6.13. The van der Waals surface area contributed by atoms with Crippen molar-refractivity contribution in [2.75, 3.05) is 32.7 Å². The third-order valence-electron chi connectivity index (χ3n) is 4.40. The van der Waals surface area contributed by atoms with Crippen molar-refractivity contribution in [2.45, 2.75) is 4.90 Å². The van der Waals surface area contributed by atoms with E-state index in [1.165, 1.54) is 10.5 Å². The minimum absolute atomic E-state index is 0.364. The number of benzene rings is 2. The number of rotatable bonds is 5. The van der Waals surface area contributed by atoms with Crippen LogP contribution < -0.4 is 4.90 Å². The van der Waals surface area contributed by atoms with Crippen molar-refractivity contribution in [3.8, 4) is 0 Å². The molecule has 1 aliphatic heterocycles. The van der Waals surface area contributed by atoms with Crippen LogP contribution in [0.1, 0.15) is 5.56 Å². The molecular weight excluding hydrogens is 400 g/mol. The molecular formula is C19H22BrN2O2S+. The maximum absolute atomic E-state index is 12.7. The van der Waals surface area contributed by atoms with E-state index in [0.717, 1.165) is 24.1 Å². The molecule has 0 aliphatic carbocycles. The predicted molar refractivity (Wildman–Crippen MR) is 104 cm³/mol. The monoisotopic (exact) mass is 421 g/mol. The summed E-state index contributed by atoms with van der Waals surface area (Å²) in [5.41, 5.74) is 1.19. The van der Waals surface area contributed by atoms with Crippen LogP contribution in [-0.4, -0.2) is 45.4 Å². The van der Waals surface area contributed by atoms with E-state index in [0.29, 0.717) is 18.0 Å². The molecule has 1 N–H and O–H groups in total. The van der Waals surface area contributed by atoms with Gasteiger partial charge < -0.3 is 4.90 Å². The van der Waals surface area contributed by atoms with Crippen LogP contribution in [-0.2, 0) is 10.0 Å². The van der Waals surface area contributed by atoms with E-state index in [-0.39, 0.29) is 0 Å². The first-order chi connectivity index (χ1) is 12.1. The van der Waals surface area contributed by atoms with Crippen LogP contribution in [0.5, 0.6) is 0 Å². The molecule has 0 bridgehead atoms. The Labute approximate surface area is 157 Å². The summed E-state index contributed by atoms with van der Waals surface area (Å²) in [5, 5.41) is 0. The van der Waals surface area contributed by atoms with Crippen molar-refractivity contribution < 1.29 is 13.3 Å². The first-order valence-electron chi connectivity index (χ1n) is 8.36. The molecule has 0 atom stereocenters. The number of quaternary nitrogens is 1. The van der Waals surface area contributed by atoms with Crippen LogP contribution in [0.4, 0.5) is 0 Å². The molecule has 2 aromatic carbocycles. The normalized spacial score (nSPS) is 17.2. The highest BCUT2D eigenvalue weighted by atomic mass is 79.9. The number of nitrogens with one attached hydrogen (secondary N) is 1. The van der Waals surface area contributed by atoms with Crippen LogP contribution >= 0.6 is 15.9 Å². The lowest BCUT2D eigenvalue weighted by Crippen LogP contribution is -3.14. The third kappa shape index (κ3) is 4.79. The van der Waals surface area contributed by atoms with Crippen molar-refractivity contribution >= 4 is 32.0 Å². The summed E-state index contributed by atoms with van der Waals surface area (Å²) >= 11 is 3.34. The first kappa shape index (κ1) is 18.3. The van der Waals surface area contributed by atoms with Crippen molar-refractivity contribution in [1.29, 1.82) is 0 Å². The van der Waals surface area contributed by atoms with Crippen LogP contribution in [0.25, 0.3) is 6.08 Å². The molecule has 1 aliphatic rings. The SMILES string of the molecule is O=S(=O)(c1ccc(Br)cc1)N1CC[NH+](CC=Cc2ccccc2)CC1. The zero-order valence-electron chi connectivity index (χ0n) is 13.9. The van der Waals surface area contributed by atoms with E-state index in [1.54, 1.807) is 28.6 Å². The number of nitrogens with zero attached hydrogens (tertiary/aromatic N) is 1. The van der Waals surface area contributed by atoms with Crippen molar-refractivity contribution in [3.63, 3.8) is 0 Å². The van der Waals surface area contributed by atoms with Gasteiger partial charge in [-0.3, -0.25) is 0 Å². The molecule has 6 heteroatoms. The van der Waals surface area contributed by atoms with Crippen LogP contribution in [0.3, 0.4) is 0 Å². The van der Waals surface area contributed by atoms with Gasteiger partial charge in [0.2, 0.25) is 10.0 Å². The van der Waals surface area contributed by atoms with E-state index in [4.69, 9.17) is 0 Å². The summed E-state index contributed by atoms with van der Waals surface area (Å²) in [6, 6.07) is 17.1. The molecule has 132 valence electrons. The van der Waals surface area contributed by atoms with Gasteiger partial charge in [0.25, 0.3) is 0 Å². The number of piperazine rings is 1. The largest absolute Gasteiger partial charge is 0.329 e. The highest BCUT2D eigenvalue weighted by Gasteiger charge is 2.29. The van der Waals surface area contributed by atoms with Gasteiger partial charge in [-0.2, -0.15) is 4.31 Å². The van der Waals surface area contributed by atoms with Crippen molar-refractivity contribution in [1.82, 2.24) is 4.31 Å². The zero-order chi connectivity index (χ0) is 17.7. The lowest BCUT2D eigenvalue weighted by atomic mass is 10.2. The Bertz CT molecular complexity index is 812. The molecule has 1 fully saturated rings. The van der Waals surface area contributed by atoms with Crippen LogP contribution in [0.15, 0.2) is 70.0 Å². The lowest BCUT2D eigenvalue weighted by Gasteiger charge is -2.31. The average molecular weight is 422 g/mol. The summed E-state index contributed by atoms with van der Waals surface area (Å²) in [6.45, 7) is 3.70. The van der Waals surface area contributed by atoms with Crippen molar-refractivity contribution in [2.24, 2.45) is 0 Å². The molecule has 3 rings (SSSR count). The minimum atomic E-state index is -3.38. The van der Waals surface area contributed by atoms with E-state index in [2.05, 4.69) is 40.2 Å². The molecule has 0 aromatic heterocycles. The van der Waals surface area contributed by atoms with Gasteiger partial charge in [-0.25, -0.2) is 8.42 Å². The van der Waals surface area contributed by atoms with E-state index < -0.39 is 10.0 Å². The minimum Gasteiger partial charge on any atom is -0.329 e. The van der Waals surface area contributed by atoms with E-state index in [9.17, 15) is 8.42 Å². The second-order valence-corrected chi connectivity index (χ2v) is 8.98. The fraction of sp³-hybridized carbons (Fsp3) is 0.263. The molecule has 25 heavy (non-hydrogen) atoms. The van der Waals surface area contributed by atoms with Gasteiger partial charge in [0.15, 0.2) is 0 Å². The van der Waals surface area contributed by atoms with Gasteiger partial charge in [0.1, 0.15) is 0 Å². The zero-order valence-corrected chi connectivity index (χ0v) is 16.3. The van der Waals surface area contributed by atoms with Gasteiger partial charge in [-0.15, -0.1) is 0 Å². The Morgan fingerprint density at radius 2 is 1.64 bits per heavy atom. The topological polar surface area (TPSA) is 41.8 Å². The molecule has 2 aromatic rings. The maximum atomic E-state index is 12.7. The van der Waals surface area contributed by atoms with Gasteiger partial charge in [-0.05, 0) is 35.9 Å². The fourth-order valence-electron chi connectivity index (χ4n) is 2.93. The quantitative estimate of drug-likeness (QED) is 0.802. The van der Waals surface area contributed by atoms with Gasteiger partial charge in [0.05, 0.1) is 37.6 Å². The highest BCUT2D eigenvalue weighted by Crippen LogP contribution is 2.18.